The van der Waals surface area contributed by atoms with Crippen molar-refractivity contribution in [2.24, 2.45) is 0 Å². The van der Waals surface area contributed by atoms with E-state index in [1.165, 1.54) is 6.07 Å². The Morgan fingerprint density at radius 1 is 1.08 bits per heavy atom. The number of urea groups is 1. The van der Waals surface area contributed by atoms with Crippen LogP contribution in [-0.4, -0.2) is 19.7 Å². The fraction of sp³-hybridized carbons (Fsp3) is 0.316. The number of nitrogens with one attached hydrogen (secondary N) is 2. The Hall–Kier alpha value is -2.56. The van der Waals surface area contributed by atoms with Crippen LogP contribution in [0.25, 0.3) is 0 Å². The van der Waals surface area contributed by atoms with Crippen molar-refractivity contribution in [2.75, 3.05) is 13.7 Å². The number of ether oxygens (including phenoxy) is 1. The smallest absolute Gasteiger partial charge is 0.315 e. The maximum Gasteiger partial charge on any atom is 0.315 e. The Labute approximate surface area is 142 Å². The van der Waals surface area contributed by atoms with Crippen molar-refractivity contribution in [2.45, 2.75) is 25.8 Å². The molecule has 24 heavy (non-hydrogen) atoms. The predicted octanol–water partition coefficient (Wildman–Crippen LogP) is 3.61. The number of methoxy groups -OCH3 is 1. The van der Waals surface area contributed by atoms with Crippen molar-refractivity contribution >= 4 is 6.03 Å². The molecular formula is C19H23FN2O2. The van der Waals surface area contributed by atoms with Crippen LogP contribution in [0.3, 0.4) is 0 Å². The standard InChI is InChI=1S/C19H23FN2O2/c1-19(2,15-9-5-6-10-16(15)20)13-22-18(23)21-12-14-8-4-7-11-17(14)24-3/h4-11H,12-13H2,1-3H3,(H2,21,22,23). The highest BCUT2D eigenvalue weighted by Gasteiger charge is 2.24. The summed E-state index contributed by atoms with van der Waals surface area (Å²) in [6.07, 6.45) is 0. The van der Waals surface area contributed by atoms with E-state index >= 15 is 0 Å². The Kier molecular flexibility index (Phi) is 5.79. The Bertz CT molecular complexity index is 701. The number of rotatable bonds is 6. The molecule has 2 aromatic carbocycles. The van der Waals surface area contributed by atoms with Crippen molar-refractivity contribution in [3.63, 3.8) is 0 Å². The van der Waals surface area contributed by atoms with E-state index in [2.05, 4.69) is 10.6 Å². The summed E-state index contributed by atoms with van der Waals surface area (Å²) >= 11 is 0. The summed E-state index contributed by atoms with van der Waals surface area (Å²) in [7, 11) is 1.59. The maximum atomic E-state index is 13.9. The summed E-state index contributed by atoms with van der Waals surface area (Å²) in [5, 5.41) is 5.59. The summed E-state index contributed by atoms with van der Waals surface area (Å²) in [5.74, 6) is 0.461. The minimum absolute atomic E-state index is 0.265. The van der Waals surface area contributed by atoms with E-state index in [0.29, 0.717) is 18.7 Å². The second-order valence-corrected chi connectivity index (χ2v) is 6.21. The third-order valence-corrected chi connectivity index (χ3v) is 3.93. The molecule has 0 aromatic heterocycles. The molecule has 2 N–H and O–H groups in total. The molecule has 0 radical (unpaired) electrons. The van der Waals surface area contributed by atoms with Crippen molar-refractivity contribution in [3.05, 3.63) is 65.5 Å². The van der Waals surface area contributed by atoms with Gasteiger partial charge in [-0.25, -0.2) is 9.18 Å². The van der Waals surface area contributed by atoms with Crippen molar-refractivity contribution in [1.29, 1.82) is 0 Å². The van der Waals surface area contributed by atoms with Crippen molar-refractivity contribution in [1.82, 2.24) is 10.6 Å². The van der Waals surface area contributed by atoms with Crippen LogP contribution in [0.4, 0.5) is 9.18 Å². The van der Waals surface area contributed by atoms with Gasteiger partial charge >= 0.3 is 6.03 Å². The second-order valence-electron chi connectivity index (χ2n) is 6.21. The van der Waals surface area contributed by atoms with Gasteiger partial charge in [0.25, 0.3) is 0 Å². The summed E-state index contributed by atoms with van der Waals surface area (Å²) in [4.78, 5) is 12.0. The summed E-state index contributed by atoms with van der Waals surface area (Å²) in [6.45, 7) is 4.47. The lowest BCUT2D eigenvalue weighted by atomic mass is 9.84. The van der Waals surface area contributed by atoms with Crippen LogP contribution >= 0.6 is 0 Å². The average molecular weight is 330 g/mol. The van der Waals surface area contributed by atoms with E-state index in [-0.39, 0.29) is 11.8 Å². The molecule has 0 saturated heterocycles. The van der Waals surface area contributed by atoms with Gasteiger partial charge in [-0.1, -0.05) is 50.2 Å². The fourth-order valence-electron chi connectivity index (χ4n) is 2.49. The van der Waals surface area contributed by atoms with Crippen LogP contribution in [0.15, 0.2) is 48.5 Å². The van der Waals surface area contributed by atoms with E-state index in [1.54, 1.807) is 25.3 Å². The molecule has 0 atom stereocenters. The number of hydrogen-bond donors (Lipinski definition) is 2. The zero-order valence-corrected chi connectivity index (χ0v) is 14.2. The maximum absolute atomic E-state index is 13.9. The third kappa shape index (κ3) is 4.47. The molecule has 2 rings (SSSR count). The van der Waals surface area contributed by atoms with E-state index in [1.807, 2.05) is 38.1 Å². The van der Waals surface area contributed by atoms with E-state index in [9.17, 15) is 9.18 Å². The van der Waals surface area contributed by atoms with Crippen LogP contribution < -0.4 is 15.4 Å². The number of amides is 2. The van der Waals surface area contributed by atoms with Crippen LogP contribution in [0.5, 0.6) is 5.75 Å². The van der Waals surface area contributed by atoms with Gasteiger partial charge in [-0.05, 0) is 17.7 Å². The lowest BCUT2D eigenvalue weighted by Gasteiger charge is -2.26. The molecule has 0 aliphatic carbocycles. The van der Waals surface area contributed by atoms with Crippen LogP contribution in [0.1, 0.15) is 25.0 Å². The molecule has 0 aliphatic heterocycles. The largest absolute Gasteiger partial charge is 0.496 e. The highest BCUT2D eigenvalue weighted by Crippen LogP contribution is 2.24. The molecule has 2 aromatic rings. The van der Waals surface area contributed by atoms with Gasteiger partial charge in [-0.15, -0.1) is 0 Å². The van der Waals surface area contributed by atoms with Crippen LogP contribution in [-0.2, 0) is 12.0 Å². The van der Waals surface area contributed by atoms with Gasteiger partial charge in [0, 0.05) is 24.1 Å². The van der Waals surface area contributed by atoms with E-state index < -0.39 is 5.41 Å². The molecular weight excluding hydrogens is 307 g/mol. The van der Waals surface area contributed by atoms with Crippen molar-refractivity contribution in [3.8, 4) is 5.75 Å². The first kappa shape index (κ1) is 17.8. The summed E-state index contributed by atoms with van der Waals surface area (Å²) in [5.41, 5.74) is 0.964. The summed E-state index contributed by atoms with van der Waals surface area (Å²) < 4.78 is 19.2. The van der Waals surface area contributed by atoms with Gasteiger partial charge in [0.2, 0.25) is 0 Å². The zero-order chi connectivity index (χ0) is 17.6. The minimum Gasteiger partial charge on any atom is -0.496 e. The molecule has 5 heteroatoms. The van der Waals surface area contributed by atoms with E-state index in [4.69, 9.17) is 4.74 Å². The molecule has 128 valence electrons. The number of benzene rings is 2. The SMILES string of the molecule is COc1ccccc1CNC(=O)NCC(C)(C)c1ccccc1F. The summed E-state index contributed by atoms with van der Waals surface area (Å²) in [6, 6.07) is 13.8. The molecule has 0 aliphatic rings. The van der Waals surface area contributed by atoms with Gasteiger partial charge in [0.1, 0.15) is 11.6 Å². The minimum atomic E-state index is -0.507. The first-order chi connectivity index (χ1) is 11.4. The van der Waals surface area contributed by atoms with E-state index in [0.717, 1.165) is 11.3 Å². The first-order valence-corrected chi connectivity index (χ1v) is 7.82. The highest BCUT2D eigenvalue weighted by atomic mass is 19.1. The molecule has 0 bridgehead atoms. The number of carbonyl (C=O) groups is 1. The second kappa shape index (κ2) is 7.81. The molecule has 0 unspecified atom stereocenters. The Morgan fingerprint density at radius 2 is 1.75 bits per heavy atom. The van der Waals surface area contributed by atoms with Crippen LogP contribution in [0, 0.1) is 5.82 Å². The molecule has 0 spiro atoms. The number of hydrogen-bond acceptors (Lipinski definition) is 2. The quantitative estimate of drug-likeness (QED) is 0.850. The predicted molar refractivity (Wildman–Crippen MR) is 92.7 cm³/mol. The molecule has 4 nitrogen and oxygen atoms in total. The van der Waals surface area contributed by atoms with Gasteiger partial charge in [0.15, 0.2) is 0 Å². The van der Waals surface area contributed by atoms with Gasteiger partial charge in [0.05, 0.1) is 7.11 Å². The van der Waals surface area contributed by atoms with Crippen LogP contribution in [0.2, 0.25) is 0 Å². The molecule has 0 fully saturated rings. The highest BCUT2D eigenvalue weighted by molar-refractivity contribution is 5.74. The number of carbonyl (C=O) groups excluding carboxylic acids is 1. The monoisotopic (exact) mass is 330 g/mol. The topological polar surface area (TPSA) is 50.4 Å². The molecule has 2 amide bonds. The lowest BCUT2D eigenvalue weighted by molar-refractivity contribution is 0.237. The fourth-order valence-corrected chi connectivity index (χ4v) is 2.49. The molecule has 0 heterocycles. The average Bonchev–Trinajstić information content (AvgIpc) is 2.58. The van der Waals surface area contributed by atoms with Gasteiger partial charge < -0.3 is 15.4 Å². The Morgan fingerprint density at radius 3 is 2.46 bits per heavy atom. The number of para-hydroxylation sites is 1. The zero-order valence-electron chi connectivity index (χ0n) is 14.2. The van der Waals surface area contributed by atoms with Crippen molar-refractivity contribution < 1.29 is 13.9 Å². The normalized spacial score (nSPS) is 11.0. The third-order valence-electron chi connectivity index (χ3n) is 3.93. The first-order valence-electron chi connectivity index (χ1n) is 7.82. The van der Waals surface area contributed by atoms with Gasteiger partial charge in [-0.3, -0.25) is 0 Å². The van der Waals surface area contributed by atoms with Gasteiger partial charge in [-0.2, -0.15) is 0 Å². The molecule has 0 saturated carbocycles. The lowest BCUT2D eigenvalue weighted by Crippen LogP contribution is -2.42. The Balaban J connectivity index is 1.90. The number of halogens is 1.